The number of anilines is 1. The minimum absolute atomic E-state index is 0.0480. The highest BCUT2D eigenvalue weighted by molar-refractivity contribution is 6.01. The van der Waals surface area contributed by atoms with Crippen LogP contribution in [0.2, 0.25) is 0 Å². The third-order valence-corrected chi connectivity index (χ3v) is 4.33. The van der Waals surface area contributed by atoms with Gasteiger partial charge in [-0.1, -0.05) is 26.0 Å². The van der Waals surface area contributed by atoms with Crippen molar-refractivity contribution < 1.29 is 14.3 Å². The molecule has 3 rings (SSSR count). The van der Waals surface area contributed by atoms with Crippen LogP contribution in [0.3, 0.4) is 0 Å². The van der Waals surface area contributed by atoms with Crippen LogP contribution >= 0.6 is 0 Å². The lowest BCUT2D eigenvalue weighted by Crippen LogP contribution is -2.45. The van der Waals surface area contributed by atoms with Gasteiger partial charge in [0.25, 0.3) is 5.91 Å². The predicted molar refractivity (Wildman–Crippen MR) is 92.4 cm³/mol. The summed E-state index contributed by atoms with van der Waals surface area (Å²) in [6.45, 7) is 4.18. The molecule has 7 heteroatoms. The topological polar surface area (TPSA) is 98.4 Å². The van der Waals surface area contributed by atoms with E-state index in [1.54, 1.807) is 23.1 Å². The number of carbonyl (C=O) groups excluding carboxylic acids is 2. The van der Waals surface area contributed by atoms with Crippen LogP contribution in [-0.4, -0.2) is 40.1 Å². The van der Waals surface area contributed by atoms with E-state index >= 15 is 0 Å². The Bertz CT molecular complexity index is 818. The average molecular weight is 340 g/mol. The second-order valence-electron chi connectivity index (χ2n) is 6.36. The van der Waals surface area contributed by atoms with Gasteiger partial charge in [-0.3, -0.25) is 4.79 Å². The van der Waals surface area contributed by atoms with E-state index in [-0.39, 0.29) is 11.8 Å². The molecule has 1 atom stereocenters. The average Bonchev–Trinajstić information content (AvgIpc) is 2.91. The Kier molecular flexibility index (Phi) is 4.39. The normalized spacial score (nSPS) is 14.6. The van der Waals surface area contributed by atoms with Crippen molar-refractivity contribution in [1.82, 2.24) is 15.1 Å². The van der Waals surface area contributed by atoms with Crippen molar-refractivity contribution in [2.24, 2.45) is 5.92 Å². The first-order valence-corrected chi connectivity index (χ1v) is 8.03. The number of hydrogen-bond acceptors (Lipinski definition) is 6. The molecular formula is C18H20N4O3. The fraction of sp³-hybridized carbons (Fsp3) is 0.333. The fourth-order valence-corrected chi connectivity index (χ4v) is 3.08. The second kappa shape index (κ2) is 6.51. The summed E-state index contributed by atoms with van der Waals surface area (Å²) in [6.07, 6.45) is 0. The van der Waals surface area contributed by atoms with Gasteiger partial charge in [-0.15, -0.1) is 10.2 Å². The van der Waals surface area contributed by atoms with Crippen LogP contribution in [0.4, 0.5) is 5.82 Å². The van der Waals surface area contributed by atoms with Gasteiger partial charge in [0.15, 0.2) is 0 Å². The van der Waals surface area contributed by atoms with Crippen molar-refractivity contribution in [3.63, 3.8) is 0 Å². The number of esters is 1. The van der Waals surface area contributed by atoms with Gasteiger partial charge in [0.1, 0.15) is 11.9 Å². The van der Waals surface area contributed by atoms with Crippen LogP contribution in [0.15, 0.2) is 30.3 Å². The molecule has 0 fully saturated rings. The van der Waals surface area contributed by atoms with E-state index in [4.69, 9.17) is 10.5 Å². The molecule has 0 bridgehead atoms. The highest BCUT2D eigenvalue weighted by atomic mass is 16.5. The molecule has 2 aromatic rings. The molecule has 130 valence electrons. The first-order valence-electron chi connectivity index (χ1n) is 8.03. The summed E-state index contributed by atoms with van der Waals surface area (Å²) in [5, 5.41) is 7.89. The molecule has 1 amide bonds. The Labute approximate surface area is 145 Å². The van der Waals surface area contributed by atoms with Gasteiger partial charge >= 0.3 is 5.97 Å². The Morgan fingerprint density at radius 3 is 2.60 bits per heavy atom. The minimum Gasteiger partial charge on any atom is -0.467 e. The molecule has 0 saturated carbocycles. The summed E-state index contributed by atoms with van der Waals surface area (Å²) < 4.78 is 4.87. The number of rotatable bonds is 4. The molecule has 0 unspecified atom stereocenters. The molecule has 2 heterocycles. The van der Waals surface area contributed by atoms with Gasteiger partial charge in [0.2, 0.25) is 0 Å². The second-order valence-corrected chi connectivity index (χ2v) is 6.36. The number of nitrogens with two attached hydrogens (primary N) is 1. The molecule has 1 aromatic carbocycles. The highest BCUT2D eigenvalue weighted by Crippen LogP contribution is 2.30. The van der Waals surface area contributed by atoms with Crippen LogP contribution in [0.25, 0.3) is 11.3 Å². The van der Waals surface area contributed by atoms with Crippen LogP contribution < -0.4 is 5.73 Å². The number of hydrogen-bond donors (Lipinski definition) is 1. The summed E-state index contributed by atoms with van der Waals surface area (Å²) in [5.41, 5.74) is 8.43. The lowest BCUT2D eigenvalue weighted by Gasteiger charge is -2.28. The smallest absolute Gasteiger partial charge is 0.328 e. The highest BCUT2D eigenvalue weighted by Gasteiger charge is 2.38. The van der Waals surface area contributed by atoms with Gasteiger partial charge in [0.05, 0.1) is 12.8 Å². The number of amides is 1. The number of nitrogen functional groups attached to an aromatic ring is 1. The van der Waals surface area contributed by atoms with E-state index in [1.165, 1.54) is 7.11 Å². The van der Waals surface area contributed by atoms with Crippen molar-refractivity contribution in [2.45, 2.75) is 26.4 Å². The molecule has 0 aliphatic carbocycles. The first-order chi connectivity index (χ1) is 11.9. The molecule has 1 aromatic heterocycles. The maximum Gasteiger partial charge on any atom is 0.328 e. The predicted octanol–water partition coefficient (Wildman–Crippen LogP) is 1.88. The summed E-state index contributed by atoms with van der Waals surface area (Å²) in [4.78, 5) is 26.5. The third-order valence-electron chi connectivity index (χ3n) is 4.33. The van der Waals surface area contributed by atoms with Crippen LogP contribution in [0.1, 0.15) is 29.8 Å². The van der Waals surface area contributed by atoms with Gasteiger partial charge in [-0.2, -0.15) is 0 Å². The monoisotopic (exact) mass is 340 g/mol. The SMILES string of the molecule is COC(=O)[C@H](C(C)C)N1Cc2ccc(-c3ccc(N)nn3)cc2C1=O. The quantitative estimate of drug-likeness (QED) is 0.853. The van der Waals surface area contributed by atoms with Crippen molar-refractivity contribution in [2.75, 3.05) is 12.8 Å². The number of methoxy groups -OCH3 is 1. The van der Waals surface area contributed by atoms with Crippen LogP contribution in [0, 0.1) is 5.92 Å². The number of nitrogens with zero attached hydrogens (tertiary/aromatic N) is 3. The van der Waals surface area contributed by atoms with Gasteiger partial charge in [-0.05, 0) is 29.7 Å². The molecule has 1 aliphatic heterocycles. The lowest BCUT2D eigenvalue weighted by atomic mass is 10.0. The van der Waals surface area contributed by atoms with Crippen LogP contribution in [0.5, 0.6) is 0 Å². The standard InChI is InChI=1S/C18H20N4O3/c1-10(2)16(18(24)25-3)22-9-12-5-4-11(8-13(12)17(22)23)14-6-7-15(19)21-20-14/h4-8,10,16H,9H2,1-3H3,(H2,19,21)/t16-/m0/s1. The van der Waals surface area contributed by atoms with Gasteiger partial charge in [-0.25, -0.2) is 4.79 Å². The van der Waals surface area contributed by atoms with Crippen molar-refractivity contribution in [3.05, 3.63) is 41.5 Å². The molecule has 7 nitrogen and oxygen atoms in total. The zero-order valence-electron chi connectivity index (χ0n) is 14.4. The zero-order chi connectivity index (χ0) is 18.1. The summed E-state index contributed by atoms with van der Waals surface area (Å²) in [5.74, 6) is -0.289. The third kappa shape index (κ3) is 3.05. The number of fused-ring (bicyclic) bond motifs is 1. The molecule has 0 saturated heterocycles. The Morgan fingerprint density at radius 2 is 2.00 bits per heavy atom. The van der Waals surface area contributed by atoms with E-state index in [0.717, 1.165) is 11.1 Å². The number of aromatic nitrogens is 2. The van der Waals surface area contributed by atoms with Crippen LogP contribution in [-0.2, 0) is 16.1 Å². The molecule has 1 aliphatic rings. The summed E-state index contributed by atoms with van der Waals surface area (Å²) in [6, 6.07) is 8.37. The maximum absolute atomic E-state index is 12.9. The number of benzene rings is 1. The van der Waals surface area contributed by atoms with E-state index in [9.17, 15) is 9.59 Å². The van der Waals surface area contributed by atoms with E-state index in [1.807, 2.05) is 26.0 Å². The summed E-state index contributed by atoms with van der Waals surface area (Å²) in [7, 11) is 1.34. The van der Waals surface area contributed by atoms with E-state index < -0.39 is 12.0 Å². The van der Waals surface area contributed by atoms with Crippen molar-refractivity contribution in [3.8, 4) is 11.3 Å². The zero-order valence-corrected chi connectivity index (χ0v) is 14.4. The minimum atomic E-state index is -0.607. The summed E-state index contributed by atoms with van der Waals surface area (Å²) >= 11 is 0. The Balaban J connectivity index is 1.94. The number of carbonyl (C=O) groups is 2. The molecule has 2 N–H and O–H groups in total. The van der Waals surface area contributed by atoms with E-state index in [2.05, 4.69) is 10.2 Å². The Hall–Kier alpha value is -2.96. The van der Waals surface area contributed by atoms with Crippen molar-refractivity contribution >= 4 is 17.7 Å². The molecular weight excluding hydrogens is 320 g/mol. The molecule has 25 heavy (non-hydrogen) atoms. The molecule has 0 spiro atoms. The first kappa shape index (κ1) is 16.9. The number of ether oxygens (including phenoxy) is 1. The Morgan fingerprint density at radius 1 is 1.24 bits per heavy atom. The van der Waals surface area contributed by atoms with E-state index in [0.29, 0.717) is 23.6 Å². The van der Waals surface area contributed by atoms with Gasteiger partial charge in [0, 0.05) is 17.7 Å². The lowest BCUT2D eigenvalue weighted by molar-refractivity contribution is -0.147. The fourth-order valence-electron chi connectivity index (χ4n) is 3.08. The van der Waals surface area contributed by atoms with Gasteiger partial charge < -0.3 is 15.4 Å². The maximum atomic E-state index is 12.9. The largest absolute Gasteiger partial charge is 0.467 e. The van der Waals surface area contributed by atoms with Crippen molar-refractivity contribution in [1.29, 1.82) is 0 Å². The molecule has 0 radical (unpaired) electrons.